The summed E-state index contributed by atoms with van der Waals surface area (Å²) in [6, 6.07) is 0. The van der Waals surface area contributed by atoms with Gasteiger partial charge in [-0.2, -0.15) is 0 Å². The molecule has 6 heavy (non-hydrogen) atoms. The lowest BCUT2D eigenvalue weighted by Crippen LogP contribution is -2.02. The van der Waals surface area contributed by atoms with Crippen molar-refractivity contribution in [1.29, 1.82) is 0 Å². The average Bonchev–Trinajstić information content (AvgIpc) is 1.37. The molecule has 0 radical (unpaired) electrons. The van der Waals surface area contributed by atoms with Crippen molar-refractivity contribution >= 4 is 0 Å². The molecule has 0 unspecified atom stereocenters. The van der Waals surface area contributed by atoms with Crippen molar-refractivity contribution in [1.82, 2.24) is 0 Å². The van der Waals surface area contributed by atoms with Gasteiger partial charge in [-0.05, 0) is 0 Å². The second kappa shape index (κ2) is 21.3. The second-order valence-corrected chi connectivity index (χ2v) is 0.512. The van der Waals surface area contributed by atoms with E-state index in [1.54, 1.807) is 0 Å². The Morgan fingerprint density at radius 3 is 1.67 bits per heavy atom. The molecule has 0 aromatic rings. The summed E-state index contributed by atoms with van der Waals surface area (Å²) >= 11 is 0. The van der Waals surface area contributed by atoms with Gasteiger partial charge in [0.1, 0.15) is 0 Å². The SMILES string of the molecule is F.NCCO.O. The van der Waals surface area contributed by atoms with Crippen molar-refractivity contribution in [3.8, 4) is 0 Å². The molecular formula is C2H10FNO2. The molecule has 0 fully saturated rings. The fraction of sp³-hybridized carbons (Fsp3) is 1.00. The highest BCUT2D eigenvalue weighted by molar-refractivity contribution is 4.17. The highest BCUT2D eigenvalue weighted by atomic mass is 19.0. The van der Waals surface area contributed by atoms with Crippen molar-refractivity contribution in [3.05, 3.63) is 0 Å². The second-order valence-electron chi connectivity index (χ2n) is 0.512. The molecule has 0 spiro atoms. The molecule has 3 nitrogen and oxygen atoms in total. The van der Waals surface area contributed by atoms with Crippen molar-refractivity contribution in [2.45, 2.75) is 0 Å². The molecule has 0 aromatic heterocycles. The van der Waals surface area contributed by atoms with Crippen molar-refractivity contribution < 1.29 is 15.3 Å². The highest BCUT2D eigenvalue weighted by Gasteiger charge is 1.56. The number of rotatable bonds is 1. The van der Waals surface area contributed by atoms with E-state index in [0.29, 0.717) is 6.54 Å². The fourth-order valence-electron chi connectivity index (χ4n) is 0. The van der Waals surface area contributed by atoms with Crippen LogP contribution in [0.5, 0.6) is 0 Å². The van der Waals surface area contributed by atoms with Crippen LogP contribution in [-0.4, -0.2) is 23.7 Å². The quantitative estimate of drug-likeness (QED) is 0.409. The first-order valence-electron chi connectivity index (χ1n) is 1.22. The van der Waals surface area contributed by atoms with Crippen molar-refractivity contribution in [2.75, 3.05) is 13.2 Å². The first-order chi connectivity index (χ1) is 1.91. The summed E-state index contributed by atoms with van der Waals surface area (Å²) in [5, 5.41) is 7.75. The van der Waals surface area contributed by atoms with E-state index in [-0.39, 0.29) is 16.8 Å². The predicted molar refractivity (Wildman–Crippen MR) is 22.3 cm³/mol. The summed E-state index contributed by atoms with van der Waals surface area (Å²) in [6.45, 7) is 0.472. The summed E-state index contributed by atoms with van der Waals surface area (Å²) in [5.41, 5.74) is 4.78. The Morgan fingerprint density at radius 1 is 1.50 bits per heavy atom. The average molecular weight is 99.1 g/mol. The molecule has 0 aromatic carbocycles. The number of hydrogen-bond donors (Lipinski definition) is 2. The normalized spacial score (nSPS) is 5.00. The number of hydrogen-bond acceptors (Lipinski definition) is 2. The molecule has 0 aliphatic carbocycles. The van der Waals surface area contributed by atoms with Gasteiger partial charge in [-0.25, -0.2) is 0 Å². The minimum atomic E-state index is 0. The molecule has 0 aliphatic heterocycles. The van der Waals surface area contributed by atoms with Gasteiger partial charge in [-0.3, -0.25) is 4.70 Å². The molecule has 5 N–H and O–H groups in total. The summed E-state index contributed by atoms with van der Waals surface area (Å²) < 4.78 is 0. The van der Waals surface area contributed by atoms with Gasteiger partial charge in [0.05, 0.1) is 6.61 Å². The van der Waals surface area contributed by atoms with Gasteiger partial charge in [-0.15, -0.1) is 0 Å². The Balaban J connectivity index is -0.0000000450. The van der Waals surface area contributed by atoms with Crippen molar-refractivity contribution in [2.24, 2.45) is 5.73 Å². The zero-order valence-electron chi connectivity index (χ0n) is 3.35. The lowest BCUT2D eigenvalue weighted by atomic mass is 10.8. The van der Waals surface area contributed by atoms with Crippen LogP contribution in [-0.2, 0) is 0 Å². The van der Waals surface area contributed by atoms with Gasteiger partial charge >= 0.3 is 0 Å². The van der Waals surface area contributed by atoms with E-state index in [4.69, 9.17) is 10.8 Å². The minimum absolute atomic E-state index is 0. The Morgan fingerprint density at radius 2 is 1.67 bits per heavy atom. The van der Waals surface area contributed by atoms with Gasteiger partial charge in [0.25, 0.3) is 0 Å². The van der Waals surface area contributed by atoms with Crippen LogP contribution in [0, 0.1) is 0 Å². The molecule has 0 saturated carbocycles. The van der Waals surface area contributed by atoms with Gasteiger partial charge in [-0.1, -0.05) is 0 Å². The van der Waals surface area contributed by atoms with Gasteiger partial charge in [0, 0.05) is 6.54 Å². The maximum Gasteiger partial charge on any atom is 0.0553 e. The summed E-state index contributed by atoms with van der Waals surface area (Å²) in [4.78, 5) is 0. The zero-order valence-corrected chi connectivity index (χ0v) is 3.35. The van der Waals surface area contributed by atoms with E-state index in [2.05, 4.69) is 0 Å². The van der Waals surface area contributed by atoms with Gasteiger partial charge in [0.15, 0.2) is 0 Å². The number of halogens is 1. The Kier molecular flexibility index (Phi) is 60.5. The van der Waals surface area contributed by atoms with Crippen LogP contribution in [0.25, 0.3) is 0 Å². The van der Waals surface area contributed by atoms with Crippen LogP contribution in [0.15, 0.2) is 0 Å². The van der Waals surface area contributed by atoms with E-state index < -0.39 is 0 Å². The third-order valence-corrected chi connectivity index (χ3v) is 0.129. The number of nitrogens with two attached hydrogens (primary N) is 1. The van der Waals surface area contributed by atoms with Crippen LogP contribution in [0.2, 0.25) is 0 Å². The number of aliphatic hydroxyl groups excluding tert-OH is 1. The molecule has 0 aliphatic rings. The molecule has 4 heteroatoms. The first-order valence-corrected chi connectivity index (χ1v) is 1.22. The fourth-order valence-corrected chi connectivity index (χ4v) is 0. The van der Waals surface area contributed by atoms with Crippen LogP contribution < -0.4 is 5.73 Å². The lowest BCUT2D eigenvalue weighted by molar-refractivity contribution is 0.306. The summed E-state index contributed by atoms with van der Waals surface area (Å²) in [7, 11) is 0. The van der Waals surface area contributed by atoms with Crippen LogP contribution in [0.3, 0.4) is 0 Å². The number of aliphatic hydroxyl groups is 1. The van der Waals surface area contributed by atoms with Crippen LogP contribution >= 0.6 is 0 Å². The largest absolute Gasteiger partial charge is 0.412 e. The molecule has 0 atom stereocenters. The molecular weight excluding hydrogens is 89.0 g/mol. The van der Waals surface area contributed by atoms with Crippen molar-refractivity contribution in [3.63, 3.8) is 0 Å². The molecule has 42 valence electrons. The van der Waals surface area contributed by atoms with Crippen LogP contribution in [0.1, 0.15) is 0 Å². The minimum Gasteiger partial charge on any atom is -0.412 e. The molecule has 0 rings (SSSR count). The van der Waals surface area contributed by atoms with E-state index in [0.717, 1.165) is 0 Å². The zero-order chi connectivity index (χ0) is 3.41. The first kappa shape index (κ1) is 17.0. The monoisotopic (exact) mass is 99.1 g/mol. The maximum atomic E-state index is 7.75. The van der Waals surface area contributed by atoms with E-state index >= 15 is 0 Å². The predicted octanol–water partition coefficient (Wildman–Crippen LogP) is -1.73. The Bertz CT molecular complexity index is 13.5. The highest BCUT2D eigenvalue weighted by Crippen LogP contribution is 1.33. The topological polar surface area (TPSA) is 77.8 Å². The molecule has 0 amide bonds. The van der Waals surface area contributed by atoms with E-state index in [9.17, 15) is 0 Å². The Labute approximate surface area is 35.4 Å². The summed E-state index contributed by atoms with van der Waals surface area (Å²) in [6.07, 6.45) is 0. The smallest absolute Gasteiger partial charge is 0.0553 e. The van der Waals surface area contributed by atoms with Gasteiger partial charge < -0.3 is 16.3 Å². The third kappa shape index (κ3) is 45.9. The summed E-state index contributed by atoms with van der Waals surface area (Å²) in [5.74, 6) is 0. The standard InChI is InChI=1S/C2H7NO.FH.H2O/c3-1-2-4;;/h4H,1-3H2;1H;1H2. The molecule has 0 saturated heterocycles. The maximum absolute atomic E-state index is 7.75. The third-order valence-electron chi connectivity index (χ3n) is 0.129. The Hall–Kier alpha value is -0.190. The van der Waals surface area contributed by atoms with E-state index in [1.807, 2.05) is 0 Å². The molecule has 0 heterocycles. The lowest BCUT2D eigenvalue weighted by Gasteiger charge is -1.71. The van der Waals surface area contributed by atoms with Crippen LogP contribution in [0.4, 0.5) is 4.70 Å². The molecule has 0 bridgehead atoms. The van der Waals surface area contributed by atoms with E-state index in [1.165, 1.54) is 0 Å². The van der Waals surface area contributed by atoms with Gasteiger partial charge in [0.2, 0.25) is 0 Å².